The Morgan fingerprint density at radius 3 is 2.55 bits per heavy atom. The minimum atomic E-state index is -4.42. The van der Waals surface area contributed by atoms with Crippen LogP contribution in [-0.4, -0.2) is 21.0 Å². The summed E-state index contributed by atoms with van der Waals surface area (Å²) in [6.45, 7) is 5.48. The van der Waals surface area contributed by atoms with Crippen LogP contribution in [0.2, 0.25) is 0 Å². The number of hydrogen-bond donors (Lipinski definition) is 2. The van der Waals surface area contributed by atoms with Crippen molar-refractivity contribution >= 4 is 17.5 Å². The molecule has 8 heteroatoms. The summed E-state index contributed by atoms with van der Waals surface area (Å²) in [6, 6.07) is 9.53. The fourth-order valence-electron chi connectivity index (χ4n) is 2.78. The van der Waals surface area contributed by atoms with Crippen molar-refractivity contribution in [1.82, 2.24) is 15.0 Å². The Morgan fingerprint density at radius 2 is 1.90 bits per heavy atom. The lowest BCUT2D eigenvalue weighted by Crippen LogP contribution is -2.16. The second-order valence-electron chi connectivity index (χ2n) is 6.76. The van der Waals surface area contributed by atoms with E-state index in [1.807, 2.05) is 19.9 Å². The van der Waals surface area contributed by atoms with Crippen molar-refractivity contribution in [2.45, 2.75) is 39.4 Å². The van der Waals surface area contributed by atoms with Crippen LogP contribution in [0.15, 0.2) is 48.8 Å². The number of alkyl halides is 3. The molecule has 2 N–H and O–H groups in total. The molecule has 3 aromatic rings. The van der Waals surface area contributed by atoms with E-state index in [1.165, 1.54) is 13.0 Å². The number of anilines is 3. The van der Waals surface area contributed by atoms with Gasteiger partial charge in [-0.1, -0.05) is 13.0 Å². The normalized spacial score (nSPS) is 12.5. The predicted octanol–water partition coefficient (Wildman–Crippen LogP) is 5.82. The summed E-state index contributed by atoms with van der Waals surface area (Å²) >= 11 is 0. The minimum absolute atomic E-state index is 0.109. The Labute approximate surface area is 167 Å². The fourth-order valence-corrected chi connectivity index (χ4v) is 2.78. The summed E-state index contributed by atoms with van der Waals surface area (Å²) in [7, 11) is 0. The molecule has 1 atom stereocenters. The topological polar surface area (TPSA) is 62.7 Å². The number of benzene rings is 1. The van der Waals surface area contributed by atoms with E-state index in [2.05, 4.69) is 25.6 Å². The molecule has 0 saturated heterocycles. The summed E-state index contributed by atoms with van der Waals surface area (Å²) in [5.41, 5.74) is 1.17. The first-order chi connectivity index (χ1) is 13.8. The van der Waals surface area contributed by atoms with E-state index in [4.69, 9.17) is 0 Å². The van der Waals surface area contributed by atoms with Crippen LogP contribution in [0.25, 0.3) is 11.3 Å². The van der Waals surface area contributed by atoms with Gasteiger partial charge in [-0.2, -0.15) is 18.2 Å². The van der Waals surface area contributed by atoms with Gasteiger partial charge in [-0.15, -0.1) is 0 Å². The van der Waals surface area contributed by atoms with E-state index in [1.54, 1.807) is 30.6 Å². The van der Waals surface area contributed by atoms with Gasteiger partial charge in [-0.25, -0.2) is 4.98 Å². The average Bonchev–Trinajstić information content (AvgIpc) is 2.69. The molecular formula is C21H22F3N5. The molecule has 0 spiro atoms. The van der Waals surface area contributed by atoms with Gasteiger partial charge in [0.05, 0.1) is 11.3 Å². The van der Waals surface area contributed by atoms with Crippen molar-refractivity contribution in [2.24, 2.45) is 0 Å². The number of nitrogens with zero attached hydrogens (tertiary/aromatic N) is 3. The zero-order valence-electron chi connectivity index (χ0n) is 16.4. The number of halogens is 3. The number of rotatable bonds is 6. The largest absolute Gasteiger partial charge is 0.416 e. The predicted molar refractivity (Wildman–Crippen MR) is 108 cm³/mol. The van der Waals surface area contributed by atoms with Crippen LogP contribution in [-0.2, 0) is 6.18 Å². The van der Waals surface area contributed by atoms with Crippen LogP contribution in [0.3, 0.4) is 0 Å². The zero-order chi connectivity index (χ0) is 21.0. The lowest BCUT2D eigenvalue weighted by molar-refractivity contribution is -0.138. The monoisotopic (exact) mass is 401 g/mol. The maximum Gasteiger partial charge on any atom is 0.416 e. The molecule has 152 valence electrons. The van der Waals surface area contributed by atoms with Gasteiger partial charge >= 0.3 is 6.18 Å². The van der Waals surface area contributed by atoms with Crippen LogP contribution in [0.4, 0.5) is 30.6 Å². The third kappa shape index (κ3) is 5.01. The fraction of sp³-hybridized carbons (Fsp3) is 0.286. The van der Waals surface area contributed by atoms with Gasteiger partial charge in [-0.05, 0) is 50.1 Å². The molecule has 0 aliphatic rings. The molecule has 2 aromatic heterocycles. The molecule has 0 saturated carbocycles. The lowest BCUT2D eigenvalue weighted by Gasteiger charge is -2.17. The van der Waals surface area contributed by atoms with Crippen LogP contribution in [0.5, 0.6) is 0 Å². The molecule has 3 rings (SSSR count). The van der Waals surface area contributed by atoms with Crippen LogP contribution >= 0.6 is 0 Å². The van der Waals surface area contributed by atoms with Crippen molar-refractivity contribution in [3.05, 3.63) is 59.9 Å². The van der Waals surface area contributed by atoms with Crippen molar-refractivity contribution in [3.63, 3.8) is 0 Å². The highest BCUT2D eigenvalue weighted by molar-refractivity contribution is 5.68. The molecule has 29 heavy (non-hydrogen) atoms. The second kappa shape index (κ2) is 8.46. The van der Waals surface area contributed by atoms with E-state index in [0.717, 1.165) is 18.1 Å². The molecule has 0 amide bonds. The van der Waals surface area contributed by atoms with Crippen molar-refractivity contribution in [2.75, 3.05) is 10.6 Å². The summed E-state index contributed by atoms with van der Waals surface area (Å²) in [4.78, 5) is 13.1. The summed E-state index contributed by atoms with van der Waals surface area (Å²) in [5, 5.41) is 6.23. The Kier molecular flexibility index (Phi) is 6.00. The molecule has 0 aliphatic heterocycles. The molecule has 2 heterocycles. The molecule has 0 radical (unpaired) electrons. The minimum Gasteiger partial charge on any atom is -0.352 e. The van der Waals surface area contributed by atoms with E-state index in [0.29, 0.717) is 23.1 Å². The Balaban J connectivity index is 2.02. The first kappa shape index (κ1) is 20.6. The summed E-state index contributed by atoms with van der Waals surface area (Å²) in [5.74, 6) is 0.792. The quantitative estimate of drug-likeness (QED) is 0.545. The number of aromatic nitrogens is 3. The van der Waals surface area contributed by atoms with Crippen molar-refractivity contribution < 1.29 is 13.2 Å². The maximum atomic E-state index is 13.2. The second-order valence-corrected chi connectivity index (χ2v) is 6.76. The highest BCUT2D eigenvalue weighted by Crippen LogP contribution is 2.35. The van der Waals surface area contributed by atoms with Crippen LogP contribution in [0.1, 0.15) is 31.4 Å². The van der Waals surface area contributed by atoms with Gasteiger partial charge < -0.3 is 10.6 Å². The van der Waals surface area contributed by atoms with Gasteiger partial charge in [0.1, 0.15) is 5.82 Å². The van der Waals surface area contributed by atoms with Crippen molar-refractivity contribution in [1.29, 1.82) is 0 Å². The molecule has 5 nitrogen and oxygen atoms in total. The molecular weight excluding hydrogens is 379 g/mol. The van der Waals surface area contributed by atoms with Gasteiger partial charge in [0, 0.05) is 35.8 Å². The van der Waals surface area contributed by atoms with Gasteiger partial charge in [-0.3, -0.25) is 4.98 Å². The third-order valence-corrected chi connectivity index (χ3v) is 4.57. The summed E-state index contributed by atoms with van der Waals surface area (Å²) in [6.07, 6.45) is -0.212. The maximum absolute atomic E-state index is 13.2. The van der Waals surface area contributed by atoms with Crippen LogP contribution in [0, 0.1) is 6.92 Å². The average molecular weight is 401 g/mol. The molecule has 1 aromatic carbocycles. The standard InChI is InChI=1S/C21H22F3N5/c1-4-13(2)26-20-28-18(15-7-6-10-25-12-15)11-19(29-20)27-17-9-5-8-16(14(17)3)21(22,23)24/h5-13H,4H2,1-3H3,(H2,26,27,28,29)/t13-/m0/s1. The number of hydrogen-bond acceptors (Lipinski definition) is 5. The molecule has 0 fully saturated rings. The summed E-state index contributed by atoms with van der Waals surface area (Å²) < 4.78 is 39.7. The first-order valence-corrected chi connectivity index (χ1v) is 9.27. The SMILES string of the molecule is CC[C@H](C)Nc1nc(Nc2cccc(C(F)(F)F)c2C)cc(-c2cccnc2)n1. The highest BCUT2D eigenvalue weighted by atomic mass is 19.4. The van der Waals surface area contributed by atoms with Gasteiger partial charge in [0.2, 0.25) is 5.95 Å². The van der Waals surface area contributed by atoms with Crippen molar-refractivity contribution in [3.8, 4) is 11.3 Å². The Bertz CT molecular complexity index is 974. The molecule has 0 aliphatic carbocycles. The van der Waals surface area contributed by atoms with E-state index < -0.39 is 11.7 Å². The first-order valence-electron chi connectivity index (χ1n) is 9.27. The van der Waals surface area contributed by atoms with Gasteiger partial charge in [0.25, 0.3) is 0 Å². The zero-order valence-corrected chi connectivity index (χ0v) is 16.4. The third-order valence-electron chi connectivity index (χ3n) is 4.57. The van der Waals surface area contributed by atoms with E-state index in [9.17, 15) is 13.2 Å². The number of pyridine rings is 1. The Morgan fingerprint density at radius 1 is 1.10 bits per heavy atom. The van der Waals surface area contributed by atoms with Gasteiger partial charge in [0.15, 0.2) is 0 Å². The van der Waals surface area contributed by atoms with E-state index >= 15 is 0 Å². The highest BCUT2D eigenvalue weighted by Gasteiger charge is 2.32. The number of nitrogens with one attached hydrogen (secondary N) is 2. The van der Waals surface area contributed by atoms with Crippen LogP contribution < -0.4 is 10.6 Å². The van der Waals surface area contributed by atoms with E-state index in [-0.39, 0.29) is 11.6 Å². The molecule has 0 bridgehead atoms. The Hall–Kier alpha value is -3.16. The molecule has 0 unspecified atom stereocenters. The smallest absolute Gasteiger partial charge is 0.352 e. The lowest BCUT2D eigenvalue weighted by atomic mass is 10.1.